The molecular formula is C25H29N3O5S. The van der Waals surface area contributed by atoms with Crippen molar-refractivity contribution in [2.75, 3.05) is 23.7 Å². The molecule has 180 valence electrons. The molecule has 1 saturated heterocycles. The van der Waals surface area contributed by atoms with Crippen LogP contribution in [0.4, 0.5) is 11.4 Å². The zero-order valence-corrected chi connectivity index (χ0v) is 20.2. The van der Waals surface area contributed by atoms with Crippen LogP contribution in [0.25, 0.3) is 0 Å². The SMILES string of the molecule is CC(=O)c1cccc(S(=O)(=O)N2CCC(C(=O)Nc3cc(NC(=O)C4CC4)ccc3C)CC2)c1. The van der Waals surface area contributed by atoms with E-state index in [1.165, 1.54) is 23.4 Å². The number of hydrogen-bond donors (Lipinski definition) is 2. The Hall–Kier alpha value is -3.04. The zero-order valence-electron chi connectivity index (χ0n) is 19.3. The molecule has 0 spiro atoms. The number of nitrogens with zero attached hydrogens (tertiary/aromatic N) is 1. The Kier molecular flexibility index (Phi) is 6.86. The first kappa shape index (κ1) is 24.1. The standard InChI is InChI=1S/C25H29N3O5S/c1-16-6-9-21(26-24(30)18-7-8-18)15-23(16)27-25(31)19-10-12-28(13-11-19)34(32,33)22-5-3-4-20(14-22)17(2)29/h3-6,9,14-15,18-19H,7-8,10-13H2,1-2H3,(H,26,30)(H,27,31). The summed E-state index contributed by atoms with van der Waals surface area (Å²) >= 11 is 0. The molecule has 0 radical (unpaired) electrons. The number of rotatable bonds is 7. The summed E-state index contributed by atoms with van der Waals surface area (Å²) in [6.45, 7) is 3.73. The van der Waals surface area contributed by atoms with Crippen molar-refractivity contribution in [2.24, 2.45) is 11.8 Å². The number of ketones is 1. The molecule has 4 rings (SSSR count). The summed E-state index contributed by atoms with van der Waals surface area (Å²) < 4.78 is 27.4. The van der Waals surface area contributed by atoms with Gasteiger partial charge in [-0.1, -0.05) is 18.2 Å². The van der Waals surface area contributed by atoms with Gasteiger partial charge < -0.3 is 10.6 Å². The van der Waals surface area contributed by atoms with E-state index in [0.29, 0.717) is 29.8 Å². The monoisotopic (exact) mass is 483 g/mol. The maximum absolute atomic E-state index is 13.0. The first-order valence-corrected chi connectivity index (χ1v) is 12.9. The summed E-state index contributed by atoms with van der Waals surface area (Å²) in [6.07, 6.45) is 2.62. The highest BCUT2D eigenvalue weighted by Crippen LogP contribution is 2.31. The summed E-state index contributed by atoms with van der Waals surface area (Å²) in [5.41, 5.74) is 2.51. The molecule has 1 aliphatic carbocycles. The van der Waals surface area contributed by atoms with Crippen LogP contribution in [0.3, 0.4) is 0 Å². The van der Waals surface area contributed by atoms with Gasteiger partial charge >= 0.3 is 0 Å². The van der Waals surface area contributed by atoms with Crippen LogP contribution in [0.15, 0.2) is 47.4 Å². The number of piperidine rings is 1. The third-order valence-corrected chi connectivity index (χ3v) is 8.31. The summed E-state index contributed by atoms with van der Waals surface area (Å²) in [5.74, 6) is -0.586. The lowest BCUT2D eigenvalue weighted by atomic mass is 9.97. The maximum Gasteiger partial charge on any atom is 0.243 e. The lowest BCUT2D eigenvalue weighted by molar-refractivity contribution is -0.121. The number of Topliss-reactive ketones (excluding diaryl/α,β-unsaturated/α-hetero) is 1. The fraction of sp³-hybridized carbons (Fsp3) is 0.400. The van der Waals surface area contributed by atoms with Crippen molar-refractivity contribution in [3.05, 3.63) is 53.6 Å². The Bertz CT molecular complexity index is 1230. The molecule has 2 N–H and O–H groups in total. The van der Waals surface area contributed by atoms with E-state index in [1.807, 2.05) is 19.1 Å². The van der Waals surface area contributed by atoms with Crippen molar-refractivity contribution in [1.29, 1.82) is 0 Å². The molecule has 2 fully saturated rings. The third kappa shape index (κ3) is 5.37. The lowest BCUT2D eigenvalue weighted by Crippen LogP contribution is -2.41. The lowest BCUT2D eigenvalue weighted by Gasteiger charge is -2.30. The number of hydrogen-bond acceptors (Lipinski definition) is 5. The average Bonchev–Trinajstić information content (AvgIpc) is 3.67. The van der Waals surface area contributed by atoms with Crippen molar-refractivity contribution >= 4 is 39.0 Å². The number of aryl methyl sites for hydroxylation is 1. The summed E-state index contributed by atoms with van der Waals surface area (Å²) in [7, 11) is -3.74. The molecule has 2 aromatic carbocycles. The second-order valence-corrected chi connectivity index (χ2v) is 11.0. The molecule has 2 amide bonds. The van der Waals surface area contributed by atoms with Crippen LogP contribution in [0.2, 0.25) is 0 Å². The number of amides is 2. The van der Waals surface area contributed by atoms with Gasteiger partial charge in [0.15, 0.2) is 5.78 Å². The van der Waals surface area contributed by atoms with Crippen LogP contribution in [-0.2, 0) is 19.6 Å². The van der Waals surface area contributed by atoms with E-state index in [-0.39, 0.29) is 47.4 Å². The quantitative estimate of drug-likeness (QED) is 0.585. The molecule has 2 aliphatic rings. The molecule has 1 saturated carbocycles. The molecule has 2 aromatic rings. The molecule has 0 bridgehead atoms. The Morgan fingerprint density at radius 1 is 0.882 bits per heavy atom. The van der Waals surface area contributed by atoms with Crippen LogP contribution in [-0.4, -0.2) is 43.4 Å². The second-order valence-electron chi connectivity index (χ2n) is 9.04. The Morgan fingerprint density at radius 3 is 2.18 bits per heavy atom. The number of carbonyl (C=O) groups is 3. The van der Waals surface area contributed by atoms with Gasteiger partial charge in [0, 0.05) is 41.9 Å². The van der Waals surface area contributed by atoms with Crippen molar-refractivity contribution in [1.82, 2.24) is 4.31 Å². The van der Waals surface area contributed by atoms with E-state index in [4.69, 9.17) is 0 Å². The fourth-order valence-electron chi connectivity index (χ4n) is 4.04. The third-order valence-electron chi connectivity index (χ3n) is 6.41. The van der Waals surface area contributed by atoms with Crippen molar-refractivity contribution in [3.63, 3.8) is 0 Å². The van der Waals surface area contributed by atoms with Crippen molar-refractivity contribution in [3.8, 4) is 0 Å². The molecule has 1 aliphatic heterocycles. The highest BCUT2D eigenvalue weighted by Gasteiger charge is 2.33. The average molecular weight is 484 g/mol. The predicted octanol–water partition coefficient (Wildman–Crippen LogP) is 3.59. The normalized spacial score (nSPS) is 17.2. The topological polar surface area (TPSA) is 113 Å². The van der Waals surface area contributed by atoms with Gasteiger partial charge in [-0.2, -0.15) is 4.31 Å². The zero-order chi connectivity index (χ0) is 24.5. The smallest absolute Gasteiger partial charge is 0.243 e. The van der Waals surface area contributed by atoms with E-state index in [9.17, 15) is 22.8 Å². The molecule has 0 atom stereocenters. The highest BCUT2D eigenvalue weighted by atomic mass is 32.2. The molecule has 0 aromatic heterocycles. The predicted molar refractivity (Wildman–Crippen MR) is 129 cm³/mol. The summed E-state index contributed by atoms with van der Waals surface area (Å²) in [5, 5.41) is 5.84. The summed E-state index contributed by atoms with van der Waals surface area (Å²) in [4.78, 5) is 36.7. The van der Waals surface area contributed by atoms with E-state index < -0.39 is 10.0 Å². The molecule has 1 heterocycles. The Morgan fingerprint density at radius 2 is 1.53 bits per heavy atom. The van der Waals surface area contributed by atoms with Gasteiger partial charge in [-0.15, -0.1) is 0 Å². The fourth-order valence-corrected chi connectivity index (χ4v) is 5.56. The Balaban J connectivity index is 1.38. The minimum atomic E-state index is -3.74. The maximum atomic E-state index is 13.0. The van der Waals surface area contributed by atoms with Gasteiger partial charge in [0.25, 0.3) is 0 Å². The van der Waals surface area contributed by atoms with Crippen molar-refractivity contribution in [2.45, 2.75) is 44.4 Å². The highest BCUT2D eigenvalue weighted by molar-refractivity contribution is 7.89. The van der Waals surface area contributed by atoms with Crippen molar-refractivity contribution < 1.29 is 22.8 Å². The van der Waals surface area contributed by atoms with Crippen LogP contribution >= 0.6 is 0 Å². The van der Waals surface area contributed by atoms with E-state index in [1.54, 1.807) is 18.2 Å². The first-order chi connectivity index (χ1) is 16.1. The summed E-state index contributed by atoms with van der Waals surface area (Å²) in [6, 6.07) is 11.5. The number of carbonyl (C=O) groups excluding carboxylic acids is 3. The van der Waals surface area contributed by atoms with Gasteiger partial charge in [-0.25, -0.2) is 8.42 Å². The van der Waals surface area contributed by atoms with Gasteiger partial charge in [-0.05, 0) is 69.4 Å². The van der Waals surface area contributed by atoms with Gasteiger partial charge in [-0.3, -0.25) is 14.4 Å². The molecule has 0 unspecified atom stereocenters. The molecular weight excluding hydrogens is 454 g/mol. The second kappa shape index (κ2) is 9.68. The number of anilines is 2. The minimum absolute atomic E-state index is 0.00329. The minimum Gasteiger partial charge on any atom is -0.326 e. The van der Waals surface area contributed by atoms with Gasteiger partial charge in [0.2, 0.25) is 21.8 Å². The Labute approximate surface area is 199 Å². The number of sulfonamides is 1. The molecule has 8 nitrogen and oxygen atoms in total. The van der Waals surface area contributed by atoms with Crippen LogP contribution in [0.1, 0.15) is 48.5 Å². The van der Waals surface area contributed by atoms with Crippen LogP contribution in [0, 0.1) is 18.8 Å². The number of nitrogens with one attached hydrogen (secondary N) is 2. The largest absolute Gasteiger partial charge is 0.326 e. The number of benzene rings is 2. The van der Waals surface area contributed by atoms with Gasteiger partial charge in [0.05, 0.1) is 4.90 Å². The van der Waals surface area contributed by atoms with E-state index in [2.05, 4.69) is 10.6 Å². The molecule has 9 heteroatoms. The van der Waals surface area contributed by atoms with E-state index in [0.717, 1.165) is 18.4 Å². The molecule has 34 heavy (non-hydrogen) atoms. The first-order valence-electron chi connectivity index (χ1n) is 11.5. The van der Waals surface area contributed by atoms with E-state index >= 15 is 0 Å². The van der Waals surface area contributed by atoms with Crippen LogP contribution in [0.5, 0.6) is 0 Å². The van der Waals surface area contributed by atoms with Crippen LogP contribution < -0.4 is 10.6 Å². The van der Waals surface area contributed by atoms with Gasteiger partial charge in [0.1, 0.15) is 0 Å².